The largest absolute Gasteiger partial charge is 0.390 e. The highest BCUT2D eigenvalue weighted by Gasteiger charge is 2.18. The summed E-state index contributed by atoms with van der Waals surface area (Å²) >= 11 is 0. The molecule has 0 aliphatic carbocycles. The SMILES string of the molecule is O=C1Cc2ccc(NCC(O)CN3CCCC3)cc2N1. The first-order valence-corrected chi connectivity index (χ1v) is 7.28. The Labute approximate surface area is 119 Å². The minimum atomic E-state index is -0.365. The van der Waals surface area contributed by atoms with E-state index in [-0.39, 0.29) is 12.0 Å². The zero-order valence-corrected chi connectivity index (χ0v) is 11.6. The third kappa shape index (κ3) is 3.11. The summed E-state index contributed by atoms with van der Waals surface area (Å²) in [5.41, 5.74) is 2.86. The van der Waals surface area contributed by atoms with Crippen molar-refractivity contribution in [2.45, 2.75) is 25.4 Å². The number of aliphatic hydroxyl groups excluding tert-OH is 1. The third-order valence-corrected chi connectivity index (χ3v) is 3.94. The number of hydrogen-bond acceptors (Lipinski definition) is 4. The normalized spacial score (nSPS) is 19.8. The summed E-state index contributed by atoms with van der Waals surface area (Å²) in [5.74, 6) is 0.0474. The predicted molar refractivity (Wildman–Crippen MR) is 78.9 cm³/mol. The first kappa shape index (κ1) is 13.4. The maximum Gasteiger partial charge on any atom is 0.228 e. The van der Waals surface area contributed by atoms with Crippen molar-refractivity contribution in [1.82, 2.24) is 4.90 Å². The molecule has 1 fully saturated rings. The lowest BCUT2D eigenvalue weighted by molar-refractivity contribution is -0.115. The van der Waals surface area contributed by atoms with Crippen molar-refractivity contribution < 1.29 is 9.90 Å². The highest BCUT2D eigenvalue weighted by molar-refractivity contribution is 5.99. The van der Waals surface area contributed by atoms with E-state index in [1.165, 1.54) is 12.8 Å². The number of nitrogens with zero attached hydrogens (tertiary/aromatic N) is 1. The summed E-state index contributed by atoms with van der Waals surface area (Å²) in [6, 6.07) is 5.85. The van der Waals surface area contributed by atoms with Crippen LogP contribution < -0.4 is 10.6 Å². The van der Waals surface area contributed by atoms with Crippen molar-refractivity contribution in [2.24, 2.45) is 0 Å². The molecule has 1 saturated heterocycles. The number of aliphatic hydroxyl groups is 1. The van der Waals surface area contributed by atoms with Gasteiger partial charge in [0, 0.05) is 24.5 Å². The van der Waals surface area contributed by atoms with E-state index in [0.29, 0.717) is 13.0 Å². The Kier molecular flexibility index (Phi) is 3.89. The summed E-state index contributed by atoms with van der Waals surface area (Å²) in [6.45, 7) is 3.46. The molecule has 0 aromatic heterocycles. The van der Waals surface area contributed by atoms with E-state index in [0.717, 1.165) is 36.6 Å². The molecule has 0 radical (unpaired) electrons. The molecule has 3 N–H and O–H groups in total. The van der Waals surface area contributed by atoms with E-state index in [2.05, 4.69) is 15.5 Å². The summed E-state index contributed by atoms with van der Waals surface area (Å²) in [7, 11) is 0. The second-order valence-corrected chi connectivity index (χ2v) is 5.64. The fraction of sp³-hybridized carbons (Fsp3) is 0.533. The van der Waals surface area contributed by atoms with Crippen LogP contribution in [0.3, 0.4) is 0 Å². The second-order valence-electron chi connectivity index (χ2n) is 5.64. The number of anilines is 2. The van der Waals surface area contributed by atoms with Gasteiger partial charge in [-0.15, -0.1) is 0 Å². The molecule has 5 nitrogen and oxygen atoms in total. The van der Waals surface area contributed by atoms with E-state index >= 15 is 0 Å². The standard InChI is InChI=1S/C15H21N3O2/c19-13(10-18-5-1-2-6-18)9-16-12-4-3-11-7-15(20)17-14(11)8-12/h3-4,8,13,16,19H,1-2,5-7,9-10H2,(H,17,20). The van der Waals surface area contributed by atoms with Crippen LogP contribution in [0.4, 0.5) is 11.4 Å². The van der Waals surface area contributed by atoms with Crippen LogP contribution in [0, 0.1) is 0 Å². The van der Waals surface area contributed by atoms with Crippen LogP contribution in [-0.2, 0) is 11.2 Å². The number of rotatable bonds is 5. The Balaban J connectivity index is 1.51. The number of fused-ring (bicyclic) bond motifs is 1. The van der Waals surface area contributed by atoms with Gasteiger partial charge in [-0.2, -0.15) is 0 Å². The minimum Gasteiger partial charge on any atom is -0.390 e. The molecule has 2 aliphatic heterocycles. The number of carbonyl (C=O) groups excluding carboxylic acids is 1. The first-order chi connectivity index (χ1) is 9.70. The van der Waals surface area contributed by atoms with Gasteiger partial charge in [0.15, 0.2) is 0 Å². The van der Waals surface area contributed by atoms with Crippen LogP contribution in [0.25, 0.3) is 0 Å². The van der Waals surface area contributed by atoms with Gasteiger partial charge in [0.1, 0.15) is 0 Å². The Morgan fingerprint density at radius 1 is 1.35 bits per heavy atom. The van der Waals surface area contributed by atoms with Gasteiger partial charge in [-0.1, -0.05) is 6.07 Å². The molecule has 1 unspecified atom stereocenters. The number of likely N-dealkylation sites (tertiary alicyclic amines) is 1. The van der Waals surface area contributed by atoms with Crippen LogP contribution in [0.5, 0.6) is 0 Å². The maximum atomic E-state index is 11.3. The van der Waals surface area contributed by atoms with Crippen molar-refractivity contribution in [3.63, 3.8) is 0 Å². The highest BCUT2D eigenvalue weighted by Crippen LogP contribution is 2.26. The van der Waals surface area contributed by atoms with Gasteiger partial charge in [-0.25, -0.2) is 0 Å². The Bertz CT molecular complexity index is 498. The molecule has 2 aliphatic rings. The number of nitrogens with one attached hydrogen (secondary N) is 2. The number of carbonyl (C=O) groups is 1. The molecule has 5 heteroatoms. The molecule has 0 spiro atoms. The van der Waals surface area contributed by atoms with Crippen LogP contribution in [0.2, 0.25) is 0 Å². The quantitative estimate of drug-likeness (QED) is 0.751. The summed E-state index contributed by atoms with van der Waals surface area (Å²) in [6.07, 6.45) is 2.58. The monoisotopic (exact) mass is 275 g/mol. The lowest BCUT2D eigenvalue weighted by Gasteiger charge is -2.20. The van der Waals surface area contributed by atoms with Crippen LogP contribution in [-0.4, -0.2) is 48.2 Å². The van der Waals surface area contributed by atoms with Crippen LogP contribution in [0.1, 0.15) is 18.4 Å². The van der Waals surface area contributed by atoms with E-state index in [4.69, 9.17) is 0 Å². The maximum absolute atomic E-state index is 11.3. The van der Waals surface area contributed by atoms with Crippen molar-refractivity contribution in [3.8, 4) is 0 Å². The molecule has 1 amide bonds. The van der Waals surface area contributed by atoms with Crippen molar-refractivity contribution in [2.75, 3.05) is 36.8 Å². The average molecular weight is 275 g/mol. The summed E-state index contributed by atoms with van der Waals surface area (Å²) in [5, 5.41) is 16.1. The minimum absolute atomic E-state index is 0.0474. The third-order valence-electron chi connectivity index (χ3n) is 3.94. The zero-order valence-electron chi connectivity index (χ0n) is 11.6. The van der Waals surface area contributed by atoms with Gasteiger partial charge < -0.3 is 20.6 Å². The molecule has 20 heavy (non-hydrogen) atoms. The molecule has 0 saturated carbocycles. The van der Waals surface area contributed by atoms with Crippen molar-refractivity contribution >= 4 is 17.3 Å². The topological polar surface area (TPSA) is 64.6 Å². The molecule has 2 heterocycles. The highest BCUT2D eigenvalue weighted by atomic mass is 16.3. The molecule has 1 atom stereocenters. The number of β-amino-alcohol motifs (C(OH)–C–C–N with tert-alkyl or cyclic N) is 1. The van der Waals surface area contributed by atoms with Gasteiger partial charge in [0.05, 0.1) is 12.5 Å². The smallest absolute Gasteiger partial charge is 0.228 e. The van der Waals surface area contributed by atoms with Gasteiger partial charge in [-0.05, 0) is 43.6 Å². The zero-order chi connectivity index (χ0) is 13.9. The molecular weight excluding hydrogens is 254 g/mol. The number of hydrogen-bond donors (Lipinski definition) is 3. The molecule has 3 rings (SSSR count). The summed E-state index contributed by atoms with van der Waals surface area (Å²) < 4.78 is 0. The van der Waals surface area contributed by atoms with E-state index in [1.807, 2.05) is 18.2 Å². The first-order valence-electron chi connectivity index (χ1n) is 7.28. The van der Waals surface area contributed by atoms with Gasteiger partial charge in [-0.3, -0.25) is 4.79 Å². The van der Waals surface area contributed by atoms with Gasteiger partial charge in [0.2, 0.25) is 5.91 Å². The second kappa shape index (κ2) is 5.81. The molecule has 108 valence electrons. The van der Waals surface area contributed by atoms with Crippen LogP contribution in [0.15, 0.2) is 18.2 Å². The van der Waals surface area contributed by atoms with Gasteiger partial charge >= 0.3 is 0 Å². The Morgan fingerprint density at radius 3 is 2.95 bits per heavy atom. The lowest BCUT2D eigenvalue weighted by atomic mass is 10.1. The summed E-state index contributed by atoms with van der Waals surface area (Å²) in [4.78, 5) is 13.6. The number of amides is 1. The van der Waals surface area contributed by atoms with E-state index in [1.54, 1.807) is 0 Å². The Hall–Kier alpha value is -1.59. The van der Waals surface area contributed by atoms with Crippen LogP contribution >= 0.6 is 0 Å². The lowest BCUT2D eigenvalue weighted by Crippen LogP contribution is -2.34. The predicted octanol–water partition coefficient (Wildman–Crippen LogP) is 1.05. The Morgan fingerprint density at radius 2 is 2.15 bits per heavy atom. The number of benzene rings is 1. The fourth-order valence-electron chi connectivity index (χ4n) is 2.89. The van der Waals surface area contributed by atoms with Gasteiger partial charge in [0.25, 0.3) is 0 Å². The molecule has 1 aromatic carbocycles. The van der Waals surface area contributed by atoms with E-state index < -0.39 is 0 Å². The van der Waals surface area contributed by atoms with Crippen molar-refractivity contribution in [3.05, 3.63) is 23.8 Å². The molecule has 0 bridgehead atoms. The fourth-order valence-corrected chi connectivity index (χ4v) is 2.89. The molecular formula is C15H21N3O2. The van der Waals surface area contributed by atoms with Crippen molar-refractivity contribution in [1.29, 1.82) is 0 Å². The molecule has 1 aromatic rings. The van der Waals surface area contributed by atoms with E-state index in [9.17, 15) is 9.90 Å². The average Bonchev–Trinajstić information content (AvgIpc) is 3.04.